The topological polar surface area (TPSA) is 96.9 Å². The van der Waals surface area contributed by atoms with E-state index in [4.69, 9.17) is 4.42 Å². The first kappa shape index (κ1) is 17.3. The average molecular weight is 369 g/mol. The molecule has 1 saturated carbocycles. The molecule has 4 rings (SSSR count). The van der Waals surface area contributed by atoms with Gasteiger partial charge in [-0.1, -0.05) is 30.3 Å². The van der Waals surface area contributed by atoms with E-state index in [1.54, 1.807) is 4.90 Å². The number of piperazine rings is 1. The zero-order chi connectivity index (χ0) is 19.0. The van der Waals surface area contributed by atoms with E-state index in [1.165, 1.54) is 17.7 Å². The zero-order valence-electron chi connectivity index (χ0n) is 14.6. The molecule has 2 amide bonds. The first-order valence-electron chi connectivity index (χ1n) is 8.92. The number of hydrogen-bond acceptors (Lipinski definition) is 5. The van der Waals surface area contributed by atoms with E-state index in [0.29, 0.717) is 32.1 Å². The summed E-state index contributed by atoms with van der Waals surface area (Å²) in [6.45, 7) is 1.71. The van der Waals surface area contributed by atoms with E-state index in [2.05, 4.69) is 12.1 Å². The average Bonchev–Trinajstić information content (AvgIpc) is 3.34. The van der Waals surface area contributed by atoms with E-state index < -0.39 is 10.8 Å². The van der Waals surface area contributed by atoms with Gasteiger partial charge in [0.05, 0.1) is 6.07 Å². The van der Waals surface area contributed by atoms with Crippen LogP contribution in [0, 0.1) is 16.0 Å². The number of carbonyl (C=O) groups excluding carboxylic acids is 2. The third kappa shape index (κ3) is 3.42. The molecule has 8 heteroatoms. The van der Waals surface area contributed by atoms with Crippen molar-refractivity contribution in [2.75, 3.05) is 26.2 Å². The molecule has 8 nitrogen and oxygen atoms in total. The Kier molecular flexibility index (Phi) is 4.39. The van der Waals surface area contributed by atoms with Crippen LogP contribution in [0.5, 0.6) is 0 Å². The molecule has 1 aromatic heterocycles. The van der Waals surface area contributed by atoms with Crippen molar-refractivity contribution in [3.05, 3.63) is 63.9 Å². The number of benzene rings is 1. The Morgan fingerprint density at radius 2 is 1.67 bits per heavy atom. The summed E-state index contributed by atoms with van der Waals surface area (Å²) in [7, 11) is 0. The Labute approximate surface area is 155 Å². The van der Waals surface area contributed by atoms with Gasteiger partial charge in [-0.2, -0.15) is 0 Å². The van der Waals surface area contributed by atoms with Gasteiger partial charge in [-0.15, -0.1) is 0 Å². The van der Waals surface area contributed by atoms with Gasteiger partial charge in [-0.3, -0.25) is 19.7 Å². The van der Waals surface area contributed by atoms with Crippen LogP contribution in [0.1, 0.15) is 28.5 Å². The molecule has 27 heavy (non-hydrogen) atoms. The fraction of sp³-hybridized carbons (Fsp3) is 0.368. The Hall–Kier alpha value is -3.16. The molecule has 1 aliphatic carbocycles. The van der Waals surface area contributed by atoms with Crippen LogP contribution in [0.3, 0.4) is 0 Å². The lowest BCUT2D eigenvalue weighted by Gasteiger charge is -2.34. The lowest BCUT2D eigenvalue weighted by molar-refractivity contribution is -0.402. The van der Waals surface area contributed by atoms with Gasteiger partial charge in [0.2, 0.25) is 5.91 Å². The van der Waals surface area contributed by atoms with Crippen LogP contribution >= 0.6 is 0 Å². The van der Waals surface area contributed by atoms with Crippen LogP contribution in [-0.4, -0.2) is 52.7 Å². The molecule has 140 valence electrons. The van der Waals surface area contributed by atoms with Crippen molar-refractivity contribution in [1.29, 1.82) is 0 Å². The lowest BCUT2D eigenvalue weighted by Crippen LogP contribution is -2.51. The largest absolute Gasteiger partial charge is 0.433 e. The summed E-state index contributed by atoms with van der Waals surface area (Å²) >= 11 is 0. The molecule has 0 N–H and O–H groups in total. The third-order valence-corrected chi connectivity index (χ3v) is 5.20. The second-order valence-electron chi connectivity index (χ2n) is 6.87. The lowest BCUT2D eigenvalue weighted by atomic mass is 10.1. The molecule has 0 bridgehead atoms. The number of furan rings is 1. The summed E-state index contributed by atoms with van der Waals surface area (Å²) in [4.78, 5) is 38.5. The van der Waals surface area contributed by atoms with Crippen molar-refractivity contribution < 1.29 is 18.9 Å². The molecule has 0 spiro atoms. The normalized spacial score (nSPS) is 21.8. The minimum atomic E-state index is -0.674. The standard InChI is InChI=1S/C19H19N3O5/c23-18(15-12-14(15)13-4-2-1-3-5-13)20-8-10-21(11-9-20)19(24)16-6-7-17(27-16)22(25)26/h1-7,14-15H,8-12H2. The highest BCUT2D eigenvalue weighted by molar-refractivity contribution is 5.92. The number of hydrogen-bond donors (Lipinski definition) is 0. The molecule has 1 saturated heterocycles. The van der Waals surface area contributed by atoms with Crippen molar-refractivity contribution in [3.8, 4) is 0 Å². The highest BCUT2D eigenvalue weighted by atomic mass is 16.6. The number of nitrogens with zero attached hydrogens (tertiary/aromatic N) is 3. The predicted octanol–water partition coefficient (Wildman–Crippen LogP) is 2.28. The van der Waals surface area contributed by atoms with Gasteiger partial charge in [0.1, 0.15) is 4.92 Å². The monoisotopic (exact) mass is 369 g/mol. The minimum Gasteiger partial charge on any atom is -0.395 e. The molecule has 2 heterocycles. The maximum Gasteiger partial charge on any atom is 0.433 e. The van der Waals surface area contributed by atoms with Gasteiger partial charge in [0, 0.05) is 32.1 Å². The van der Waals surface area contributed by atoms with Crippen molar-refractivity contribution in [3.63, 3.8) is 0 Å². The van der Waals surface area contributed by atoms with Crippen LogP contribution in [-0.2, 0) is 4.79 Å². The van der Waals surface area contributed by atoms with Gasteiger partial charge >= 0.3 is 5.88 Å². The highest BCUT2D eigenvalue weighted by Gasteiger charge is 2.46. The van der Waals surface area contributed by atoms with Gasteiger partial charge in [0.15, 0.2) is 5.76 Å². The Morgan fingerprint density at radius 1 is 1.00 bits per heavy atom. The minimum absolute atomic E-state index is 0.0300. The van der Waals surface area contributed by atoms with E-state index >= 15 is 0 Å². The second kappa shape index (κ2) is 6.86. The molecule has 2 unspecified atom stereocenters. The Morgan fingerprint density at radius 3 is 2.30 bits per heavy atom. The number of nitro groups is 1. The van der Waals surface area contributed by atoms with E-state index in [9.17, 15) is 19.7 Å². The fourth-order valence-corrected chi connectivity index (χ4v) is 3.60. The predicted molar refractivity (Wildman–Crippen MR) is 95.1 cm³/mol. The molecular formula is C19H19N3O5. The molecular weight excluding hydrogens is 350 g/mol. The van der Waals surface area contributed by atoms with Crippen molar-refractivity contribution in [1.82, 2.24) is 9.80 Å². The van der Waals surface area contributed by atoms with Crippen molar-refractivity contribution in [2.24, 2.45) is 5.92 Å². The summed E-state index contributed by atoms with van der Waals surface area (Å²) in [5.41, 5.74) is 1.20. The van der Waals surface area contributed by atoms with Gasteiger partial charge in [0.25, 0.3) is 5.91 Å². The molecule has 2 atom stereocenters. The molecule has 1 aliphatic heterocycles. The molecule has 1 aromatic carbocycles. The van der Waals surface area contributed by atoms with E-state index in [-0.39, 0.29) is 23.5 Å². The van der Waals surface area contributed by atoms with Gasteiger partial charge < -0.3 is 14.2 Å². The summed E-state index contributed by atoms with van der Waals surface area (Å²) < 4.78 is 4.97. The smallest absolute Gasteiger partial charge is 0.395 e. The molecule has 2 aromatic rings. The fourth-order valence-electron chi connectivity index (χ4n) is 3.60. The van der Waals surface area contributed by atoms with E-state index in [0.717, 1.165) is 6.42 Å². The summed E-state index contributed by atoms with van der Waals surface area (Å²) in [6, 6.07) is 12.5. The van der Waals surface area contributed by atoms with Crippen molar-refractivity contribution in [2.45, 2.75) is 12.3 Å². The second-order valence-corrected chi connectivity index (χ2v) is 6.87. The SMILES string of the molecule is O=C(c1ccc([N+](=O)[O-])o1)N1CCN(C(=O)C2CC2c2ccccc2)CC1. The number of rotatable bonds is 4. The maximum absolute atomic E-state index is 12.7. The van der Waals surface area contributed by atoms with Gasteiger partial charge in [-0.05, 0) is 24.0 Å². The van der Waals surface area contributed by atoms with Crippen LogP contribution in [0.25, 0.3) is 0 Å². The maximum atomic E-state index is 12.7. The summed E-state index contributed by atoms with van der Waals surface area (Å²) in [5.74, 6) is -0.418. The third-order valence-electron chi connectivity index (χ3n) is 5.20. The van der Waals surface area contributed by atoms with E-state index in [1.807, 2.05) is 23.1 Å². The molecule has 2 fully saturated rings. The van der Waals surface area contributed by atoms with Gasteiger partial charge in [-0.25, -0.2) is 0 Å². The number of carbonyl (C=O) groups is 2. The van der Waals surface area contributed by atoms with Crippen LogP contribution in [0.15, 0.2) is 46.9 Å². The van der Waals surface area contributed by atoms with Crippen LogP contribution in [0.2, 0.25) is 0 Å². The Balaban J connectivity index is 1.32. The van der Waals surface area contributed by atoms with Crippen molar-refractivity contribution >= 4 is 17.7 Å². The Bertz CT molecular complexity index is 870. The molecule has 0 radical (unpaired) electrons. The first-order valence-corrected chi connectivity index (χ1v) is 8.92. The first-order chi connectivity index (χ1) is 13.0. The number of amides is 2. The molecule has 2 aliphatic rings. The van der Waals surface area contributed by atoms with Crippen LogP contribution < -0.4 is 0 Å². The van der Waals surface area contributed by atoms with Crippen LogP contribution in [0.4, 0.5) is 5.88 Å². The zero-order valence-corrected chi connectivity index (χ0v) is 14.6. The quantitative estimate of drug-likeness (QED) is 0.608. The highest BCUT2D eigenvalue weighted by Crippen LogP contribution is 2.48. The summed E-state index contributed by atoms with van der Waals surface area (Å²) in [5, 5.41) is 10.7. The summed E-state index contributed by atoms with van der Waals surface area (Å²) in [6.07, 6.45) is 0.873.